The number of alkyl halides is 6. The Morgan fingerprint density at radius 2 is 1.51 bits per heavy atom. The minimum atomic E-state index is -4.44. The summed E-state index contributed by atoms with van der Waals surface area (Å²) in [6.07, 6.45) is -7.52. The van der Waals surface area contributed by atoms with Crippen LogP contribution < -0.4 is 5.32 Å². The molecule has 1 aromatic heterocycles. The first-order chi connectivity index (χ1) is 16.5. The number of piperidine rings is 1. The monoisotopic (exact) mass is 512 g/mol. The molecule has 1 aliphatic heterocycles. The van der Waals surface area contributed by atoms with E-state index in [1.165, 1.54) is 12.1 Å². The lowest BCUT2D eigenvalue weighted by atomic mass is 10.0. The van der Waals surface area contributed by atoms with Gasteiger partial charge in [-0.05, 0) is 54.3 Å². The molecule has 1 saturated heterocycles. The second-order valence-electron chi connectivity index (χ2n) is 8.46. The number of likely N-dealkylation sites (tertiary alicyclic amines) is 1. The number of nitrogens with one attached hydrogen (secondary N) is 1. The predicted octanol–water partition coefficient (Wildman–Crippen LogP) is 6.85. The summed E-state index contributed by atoms with van der Waals surface area (Å²) in [5, 5.41) is 2.97. The SMILES string of the molecule is O=C(NC1CCN(Cc2cccc(C(F)(F)F)c2)CC1)c1ccc(-c2cccc(C(F)(F)F)c2)s1. The van der Waals surface area contributed by atoms with Gasteiger partial charge in [-0.15, -0.1) is 11.3 Å². The Hall–Kier alpha value is -2.85. The maximum atomic E-state index is 13.0. The van der Waals surface area contributed by atoms with Crippen LogP contribution in [0, 0.1) is 0 Å². The molecule has 1 amide bonds. The van der Waals surface area contributed by atoms with E-state index >= 15 is 0 Å². The maximum absolute atomic E-state index is 13.0. The lowest BCUT2D eigenvalue weighted by Gasteiger charge is -2.32. The molecule has 0 atom stereocenters. The van der Waals surface area contributed by atoms with Gasteiger partial charge in [0.15, 0.2) is 0 Å². The van der Waals surface area contributed by atoms with Crippen LogP contribution in [0.5, 0.6) is 0 Å². The summed E-state index contributed by atoms with van der Waals surface area (Å²) in [5.41, 5.74) is -0.432. The number of carbonyl (C=O) groups is 1. The number of rotatable bonds is 5. The minimum absolute atomic E-state index is 0.0839. The number of benzene rings is 2. The van der Waals surface area contributed by atoms with E-state index in [-0.39, 0.29) is 11.9 Å². The quantitative estimate of drug-likeness (QED) is 0.380. The molecule has 0 unspecified atom stereocenters. The molecule has 2 aromatic carbocycles. The molecule has 0 bridgehead atoms. The summed E-state index contributed by atoms with van der Waals surface area (Å²) < 4.78 is 77.7. The van der Waals surface area contributed by atoms with Crippen LogP contribution in [0.1, 0.15) is 39.2 Å². The van der Waals surface area contributed by atoms with Crippen LogP contribution in [-0.2, 0) is 18.9 Å². The molecule has 4 rings (SSSR count). The Balaban J connectivity index is 1.31. The second kappa shape index (κ2) is 10.0. The van der Waals surface area contributed by atoms with Crippen LogP contribution in [0.2, 0.25) is 0 Å². The van der Waals surface area contributed by atoms with Crippen LogP contribution in [0.25, 0.3) is 10.4 Å². The molecule has 1 N–H and O–H groups in total. The van der Waals surface area contributed by atoms with E-state index in [4.69, 9.17) is 0 Å². The molecule has 35 heavy (non-hydrogen) atoms. The van der Waals surface area contributed by atoms with Gasteiger partial charge in [0.05, 0.1) is 16.0 Å². The van der Waals surface area contributed by atoms with Crippen LogP contribution in [-0.4, -0.2) is 29.9 Å². The van der Waals surface area contributed by atoms with E-state index in [9.17, 15) is 31.1 Å². The van der Waals surface area contributed by atoms with Crippen LogP contribution >= 0.6 is 11.3 Å². The van der Waals surface area contributed by atoms with Crippen molar-refractivity contribution in [3.63, 3.8) is 0 Å². The summed E-state index contributed by atoms with van der Waals surface area (Å²) in [7, 11) is 0. The van der Waals surface area contributed by atoms with Crippen molar-refractivity contribution in [2.45, 2.75) is 37.8 Å². The maximum Gasteiger partial charge on any atom is 0.416 e. The van der Waals surface area contributed by atoms with Crippen molar-refractivity contribution in [3.05, 3.63) is 82.2 Å². The zero-order chi connectivity index (χ0) is 25.2. The average Bonchev–Trinajstić information content (AvgIpc) is 3.30. The standard InChI is InChI=1S/C25H22F6N2OS/c26-24(27,28)18-5-1-3-16(13-18)15-33-11-9-20(10-12-33)32-23(34)22-8-7-21(35-22)17-4-2-6-19(14-17)25(29,30)31/h1-8,13-14,20H,9-12,15H2,(H,32,34). The van der Waals surface area contributed by atoms with Crippen molar-refractivity contribution in [2.24, 2.45) is 0 Å². The number of halogens is 6. The fraction of sp³-hybridized carbons (Fsp3) is 0.320. The molecule has 0 radical (unpaired) electrons. The summed E-state index contributed by atoms with van der Waals surface area (Å²) in [6.45, 7) is 1.65. The fourth-order valence-electron chi connectivity index (χ4n) is 4.06. The summed E-state index contributed by atoms with van der Waals surface area (Å²) >= 11 is 1.13. The number of nitrogens with zero attached hydrogens (tertiary/aromatic N) is 1. The highest BCUT2D eigenvalue weighted by Crippen LogP contribution is 2.35. The van der Waals surface area contributed by atoms with Crippen molar-refractivity contribution >= 4 is 17.2 Å². The summed E-state index contributed by atoms with van der Waals surface area (Å²) in [4.78, 5) is 15.7. The smallest absolute Gasteiger partial charge is 0.349 e. The van der Waals surface area contributed by atoms with E-state index in [1.807, 2.05) is 0 Å². The third-order valence-corrected chi connectivity index (χ3v) is 7.02. The minimum Gasteiger partial charge on any atom is -0.349 e. The van der Waals surface area contributed by atoms with Gasteiger partial charge in [-0.2, -0.15) is 26.3 Å². The third kappa shape index (κ3) is 6.43. The number of amides is 1. The van der Waals surface area contributed by atoms with Crippen molar-refractivity contribution < 1.29 is 31.1 Å². The highest BCUT2D eigenvalue weighted by atomic mass is 32.1. The van der Waals surface area contributed by atoms with Gasteiger partial charge in [0, 0.05) is 30.6 Å². The Morgan fingerprint density at radius 1 is 0.886 bits per heavy atom. The molecule has 2 heterocycles. The van der Waals surface area contributed by atoms with Gasteiger partial charge in [0.2, 0.25) is 0 Å². The van der Waals surface area contributed by atoms with E-state index in [1.54, 1.807) is 24.3 Å². The lowest BCUT2D eigenvalue weighted by molar-refractivity contribution is -0.138. The van der Waals surface area contributed by atoms with Crippen molar-refractivity contribution in [1.82, 2.24) is 10.2 Å². The van der Waals surface area contributed by atoms with Crippen LogP contribution in [0.4, 0.5) is 26.3 Å². The summed E-state index contributed by atoms with van der Waals surface area (Å²) in [5.74, 6) is -0.287. The average molecular weight is 513 g/mol. The first-order valence-electron chi connectivity index (χ1n) is 11.0. The predicted molar refractivity (Wildman–Crippen MR) is 122 cm³/mol. The third-order valence-electron chi connectivity index (χ3n) is 5.89. The topological polar surface area (TPSA) is 32.3 Å². The van der Waals surface area contributed by atoms with Crippen LogP contribution in [0.15, 0.2) is 60.7 Å². The Kier molecular flexibility index (Phi) is 7.23. The van der Waals surface area contributed by atoms with Gasteiger partial charge in [-0.25, -0.2) is 0 Å². The Morgan fingerprint density at radius 3 is 2.17 bits per heavy atom. The summed E-state index contributed by atoms with van der Waals surface area (Å²) in [6, 6.07) is 13.4. The molecule has 3 aromatic rings. The molecule has 0 saturated carbocycles. The fourth-order valence-corrected chi connectivity index (χ4v) is 4.97. The lowest BCUT2D eigenvalue weighted by Crippen LogP contribution is -2.44. The Labute approximate surface area is 202 Å². The van der Waals surface area contributed by atoms with Gasteiger partial charge < -0.3 is 5.32 Å². The Bertz CT molecular complexity index is 1180. The highest BCUT2D eigenvalue weighted by molar-refractivity contribution is 7.17. The van der Waals surface area contributed by atoms with Crippen molar-refractivity contribution in [1.29, 1.82) is 0 Å². The second-order valence-corrected chi connectivity index (χ2v) is 9.55. The molecule has 0 aliphatic carbocycles. The van der Waals surface area contributed by atoms with Crippen LogP contribution in [0.3, 0.4) is 0 Å². The van der Waals surface area contributed by atoms with Crippen molar-refractivity contribution in [2.75, 3.05) is 13.1 Å². The zero-order valence-electron chi connectivity index (χ0n) is 18.4. The van der Waals surface area contributed by atoms with Gasteiger partial charge in [-0.1, -0.05) is 30.3 Å². The first-order valence-corrected chi connectivity index (χ1v) is 11.8. The van der Waals surface area contributed by atoms with Gasteiger partial charge >= 0.3 is 12.4 Å². The van der Waals surface area contributed by atoms with Gasteiger partial charge in [-0.3, -0.25) is 9.69 Å². The van der Waals surface area contributed by atoms with E-state index in [0.717, 1.165) is 35.6 Å². The van der Waals surface area contributed by atoms with E-state index in [2.05, 4.69) is 10.2 Å². The molecule has 186 valence electrons. The normalized spacial score (nSPS) is 15.8. The molecule has 10 heteroatoms. The molecule has 0 spiro atoms. The molecular formula is C25H22F6N2OS. The first kappa shape index (κ1) is 25.2. The van der Waals surface area contributed by atoms with Crippen molar-refractivity contribution in [3.8, 4) is 10.4 Å². The van der Waals surface area contributed by atoms with E-state index < -0.39 is 23.5 Å². The largest absolute Gasteiger partial charge is 0.416 e. The van der Waals surface area contributed by atoms with Gasteiger partial charge in [0.25, 0.3) is 5.91 Å². The molecule has 3 nitrogen and oxygen atoms in total. The van der Waals surface area contributed by atoms with E-state index in [0.29, 0.717) is 53.4 Å². The number of hydrogen-bond donors (Lipinski definition) is 1. The number of hydrogen-bond acceptors (Lipinski definition) is 3. The number of thiophene rings is 1. The zero-order valence-corrected chi connectivity index (χ0v) is 19.2. The highest BCUT2D eigenvalue weighted by Gasteiger charge is 2.31. The molecule has 1 aliphatic rings. The molecule has 1 fully saturated rings. The van der Waals surface area contributed by atoms with Gasteiger partial charge in [0.1, 0.15) is 0 Å². The number of carbonyl (C=O) groups excluding carboxylic acids is 1. The molecular weight excluding hydrogens is 490 g/mol.